The number of pyridine rings is 1. The summed E-state index contributed by atoms with van der Waals surface area (Å²) in [7, 11) is 0. The van der Waals surface area contributed by atoms with Crippen LogP contribution in [0.15, 0.2) is 27.8 Å². The molecule has 1 aliphatic heterocycles. The highest BCUT2D eigenvalue weighted by Gasteiger charge is 2.34. The number of rotatable bonds is 5. The van der Waals surface area contributed by atoms with Crippen LogP contribution in [0.4, 0.5) is 25.8 Å². The van der Waals surface area contributed by atoms with Crippen molar-refractivity contribution in [3.8, 4) is 5.75 Å². The van der Waals surface area contributed by atoms with Gasteiger partial charge in [-0.3, -0.25) is 29.7 Å². The Morgan fingerprint density at radius 3 is 2.50 bits per heavy atom. The van der Waals surface area contributed by atoms with Gasteiger partial charge in [-0.25, -0.2) is 13.6 Å². The molecule has 1 unspecified atom stereocenters. The number of non-ortho nitro benzene ring substituents is 1. The van der Waals surface area contributed by atoms with Crippen LogP contribution < -0.4 is 20.5 Å². The smallest absolute Gasteiger partial charge is 0.341 e. The Hall–Kier alpha value is -5.46. The van der Waals surface area contributed by atoms with E-state index in [1.54, 1.807) is 11.8 Å². The zero-order valence-corrected chi connectivity index (χ0v) is 21.7. The summed E-state index contributed by atoms with van der Waals surface area (Å²) in [6, 6.07) is 1.52. The third kappa shape index (κ3) is 5.07. The highest BCUT2D eigenvalue weighted by atomic mass is 19.1. The highest BCUT2D eigenvalue weighted by molar-refractivity contribution is 5.94. The van der Waals surface area contributed by atoms with Gasteiger partial charge in [-0.15, -0.1) is 0 Å². The summed E-state index contributed by atoms with van der Waals surface area (Å²) in [5.41, 5.74) is -4.73. The van der Waals surface area contributed by atoms with Crippen LogP contribution in [0.2, 0.25) is 0 Å². The van der Waals surface area contributed by atoms with E-state index in [4.69, 9.17) is 5.11 Å². The van der Waals surface area contributed by atoms with E-state index in [1.165, 1.54) is 4.57 Å². The number of nitro groups is 2. The van der Waals surface area contributed by atoms with Crippen LogP contribution in [-0.4, -0.2) is 61.4 Å². The number of nitrogens with zero attached hydrogens (tertiary/aromatic N) is 6. The van der Waals surface area contributed by atoms with Crippen LogP contribution in [0.25, 0.3) is 21.9 Å². The number of benzene rings is 2. The van der Waals surface area contributed by atoms with Crippen molar-refractivity contribution in [2.24, 2.45) is 0 Å². The molecule has 1 saturated heterocycles. The van der Waals surface area contributed by atoms with E-state index in [2.05, 4.69) is 15.1 Å². The summed E-state index contributed by atoms with van der Waals surface area (Å²) in [5, 5.41) is 56.7. The SMILES string of the molecule is CCn1cc(C(=O)O)c(=O)c2cc(F)c(N3CCNC(C)C3)c(F)c21.O=[N+]([O-])c1cc([N+](=O)[O-])c2no[n+]([O-])c2c1O. The molecular formula is C23H21F2N7O10. The lowest BCUT2D eigenvalue weighted by Crippen LogP contribution is -2.49. The number of phenols is 1. The van der Waals surface area contributed by atoms with Crippen molar-refractivity contribution < 1.29 is 43.2 Å². The molecule has 2 aromatic carbocycles. The molecule has 5 rings (SSSR count). The number of carbonyl (C=O) groups is 1. The Morgan fingerprint density at radius 1 is 1.26 bits per heavy atom. The molecule has 0 spiro atoms. The molecule has 0 aliphatic carbocycles. The third-order valence-electron chi connectivity index (χ3n) is 6.48. The van der Waals surface area contributed by atoms with Crippen molar-refractivity contribution in [1.29, 1.82) is 0 Å². The summed E-state index contributed by atoms with van der Waals surface area (Å²) in [6.45, 7) is 5.33. The number of aromatic hydroxyl groups is 1. The van der Waals surface area contributed by atoms with Gasteiger partial charge in [0, 0.05) is 38.4 Å². The molecule has 222 valence electrons. The molecular weight excluding hydrogens is 572 g/mol. The van der Waals surface area contributed by atoms with Gasteiger partial charge < -0.3 is 30.2 Å². The first-order valence-electron chi connectivity index (χ1n) is 12.1. The van der Waals surface area contributed by atoms with Crippen LogP contribution in [0.3, 0.4) is 0 Å². The van der Waals surface area contributed by atoms with Gasteiger partial charge in [0.2, 0.25) is 5.43 Å². The Bertz CT molecular complexity index is 1820. The lowest BCUT2D eigenvalue weighted by atomic mass is 10.1. The molecule has 0 amide bonds. The normalized spacial score (nSPS) is 15.0. The maximum atomic E-state index is 15.2. The first-order chi connectivity index (χ1) is 19.8. The topological polar surface area (TPSA) is 234 Å². The number of nitro benzene ring substituents is 2. The predicted octanol–water partition coefficient (Wildman–Crippen LogP) is 1.78. The van der Waals surface area contributed by atoms with E-state index in [-0.39, 0.29) is 34.1 Å². The molecule has 0 bridgehead atoms. The minimum Gasteiger partial charge on any atom is -0.499 e. The van der Waals surface area contributed by atoms with Crippen LogP contribution in [-0.2, 0) is 6.54 Å². The molecule has 1 fully saturated rings. The molecule has 1 aliphatic rings. The lowest BCUT2D eigenvalue weighted by Gasteiger charge is -2.34. The number of nitrogens with one attached hydrogen (secondary N) is 1. The minimum atomic E-state index is -1.42. The third-order valence-corrected chi connectivity index (χ3v) is 6.48. The second-order valence-electron chi connectivity index (χ2n) is 9.09. The number of aryl methyl sites for hydroxylation is 1. The quantitative estimate of drug-likeness (QED) is 0.170. The Labute approximate surface area is 231 Å². The van der Waals surface area contributed by atoms with Gasteiger partial charge in [0.05, 0.1) is 25.9 Å². The van der Waals surface area contributed by atoms with Gasteiger partial charge in [0.15, 0.2) is 5.82 Å². The van der Waals surface area contributed by atoms with Crippen molar-refractivity contribution in [2.75, 3.05) is 24.5 Å². The number of hydrogen-bond acceptors (Lipinski definition) is 12. The van der Waals surface area contributed by atoms with Crippen LogP contribution in [0.5, 0.6) is 5.75 Å². The monoisotopic (exact) mass is 593 g/mol. The average Bonchev–Trinajstić information content (AvgIpc) is 3.31. The maximum absolute atomic E-state index is 15.2. The van der Waals surface area contributed by atoms with Crippen molar-refractivity contribution in [2.45, 2.75) is 26.4 Å². The molecule has 0 saturated carbocycles. The van der Waals surface area contributed by atoms with E-state index < -0.39 is 66.6 Å². The summed E-state index contributed by atoms with van der Waals surface area (Å²) in [4.78, 5) is 44.0. The predicted molar refractivity (Wildman–Crippen MR) is 138 cm³/mol. The van der Waals surface area contributed by atoms with E-state index in [1.807, 2.05) is 6.92 Å². The first kappa shape index (κ1) is 29.5. The summed E-state index contributed by atoms with van der Waals surface area (Å²) in [5.74, 6) is -4.15. The fraction of sp³-hybridized carbons (Fsp3) is 0.304. The molecule has 2 aromatic heterocycles. The number of aromatic nitrogens is 3. The van der Waals surface area contributed by atoms with E-state index in [0.29, 0.717) is 25.7 Å². The summed E-state index contributed by atoms with van der Waals surface area (Å²) >= 11 is 0. The molecule has 42 heavy (non-hydrogen) atoms. The van der Waals surface area contributed by atoms with Crippen molar-refractivity contribution in [3.05, 3.63) is 71.2 Å². The minimum absolute atomic E-state index is 0.0694. The highest BCUT2D eigenvalue weighted by Crippen LogP contribution is 2.37. The van der Waals surface area contributed by atoms with Gasteiger partial charge in [-0.05, 0) is 24.8 Å². The first-order valence-corrected chi connectivity index (χ1v) is 12.1. The molecule has 1 atom stereocenters. The van der Waals surface area contributed by atoms with Crippen LogP contribution in [0, 0.1) is 37.1 Å². The average molecular weight is 593 g/mol. The molecule has 19 heteroatoms. The summed E-state index contributed by atoms with van der Waals surface area (Å²) in [6.07, 6.45) is 1.11. The Balaban J connectivity index is 0.000000208. The van der Waals surface area contributed by atoms with Crippen molar-refractivity contribution in [1.82, 2.24) is 15.0 Å². The largest absolute Gasteiger partial charge is 0.499 e. The number of anilines is 1. The number of hydrogen-bond donors (Lipinski definition) is 3. The number of carboxylic acid groups (broad SMARTS) is 1. The van der Waals surface area contributed by atoms with E-state index >= 15 is 4.39 Å². The van der Waals surface area contributed by atoms with E-state index in [0.717, 1.165) is 12.3 Å². The van der Waals surface area contributed by atoms with Crippen molar-refractivity contribution in [3.63, 3.8) is 0 Å². The Kier molecular flexibility index (Phi) is 7.87. The zero-order chi connectivity index (χ0) is 31.0. The second kappa shape index (κ2) is 11.2. The van der Waals surface area contributed by atoms with E-state index in [9.17, 15) is 44.5 Å². The number of phenolic OH excluding ortho intramolecular Hbond substituents is 1. The van der Waals surface area contributed by atoms with Gasteiger partial charge in [0.1, 0.15) is 23.1 Å². The number of halogens is 2. The second-order valence-corrected chi connectivity index (χ2v) is 9.09. The summed E-state index contributed by atoms with van der Waals surface area (Å²) < 4.78 is 35.2. The van der Waals surface area contributed by atoms with Crippen LogP contribution >= 0.6 is 0 Å². The Morgan fingerprint density at radius 2 is 1.93 bits per heavy atom. The maximum Gasteiger partial charge on any atom is 0.341 e. The lowest BCUT2D eigenvalue weighted by molar-refractivity contribution is -0.782. The molecule has 17 nitrogen and oxygen atoms in total. The van der Waals surface area contributed by atoms with Crippen LogP contribution in [0.1, 0.15) is 24.2 Å². The van der Waals surface area contributed by atoms with Gasteiger partial charge in [0.25, 0.3) is 11.3 Å². The zero-order valence-electron chi connectivity index (χ0n) is 21.7. The van der Waals surface area contributed by atoms with Crippen molar-refractivity contribution >= 4 is 45.0 Å². The number of fused-ring (bicyclic) bond motifs is 2. The number of aromatic carboxylic acids is 1. The fourth-order valence-corrected chi connectivity index (χ4v) is 4.58. The van der Waals surface area contributed by atoms with Gasteiger partial charge in [-0.2, -0.15) is 0 Å². The number of carboxylic acids is 1. The molecule has 3 heterocycles. The van der Waals surface area contributed by atoms with Gasteiger partial charge in [-0.1, -0.05) is 0 Å². The molecule has 4 aromatic rings. The molecule has 0 radical (unpaired) electrons. The van der Waals surface area contributed by atoms with Gasteiger partial charge >= 0.3 is 22.9 Å². The fourth-order valence-electron chi connectivity index (χ4n) is 4.58. The standard InChI is InChI=1S/C17H19F2N3O3.C6H2N4O7/c1-3-21-8-11(17(24)25)16(23)10-6-12(18)15(13(19)14(10)21)22-5-4-20-9(2)7-22;11-6-3(9(14)15)1-2(8(12)13)4-5(6)10(16)17-7-4/h6,8-9,20H,3-5,7H2,1-2H3,(H,24,25);1,11H. The number of piperazine rings is 1. The molecule has 3 N–H and O–H groups in total.